The quantitative estimate of drug-likeness (QED) is 0.637. The second-order valence-electron chi connectivity index (χ2n) is 7.32. The number of halogens is 1. The Morgan fingerprint density at radius 3 is 2.53 bits per heavy atom. The Balaban J connectivity index is 1.53. The molecule has 6 nitrogen and oxygen atoms in total. The molecule has 2 aromatic carbocycles. The Labute approximate surface area is 176 Å². The topological polar surface area (TPSA) is 60.0 Å². The van der Waals surface area contributed by atoms with Crippen molar-refractivity contribution in [3.63, 3.8) is 0 Å². The SMILES string of the molecule is CCCOc1ccc(N2CC(Oc3ccc([C@H](C)NC(=O)CF)cc3)C2)c(OC)c1. The van der Waals surface area contributed by atoms with Crippen LogP contribution < -0.4 is 24.4 Å². The predicted molar refractivity (Wildman–Crippen MR) is 114 cm³/mol. The number of anilines is 1. The van der Waals surface area contributed by atoms with Gasteiger partial charge in [-0.1, -0.05) is 19.1 Å². The maximum atomic E-state index is 12.3. The Bertz CT molecular complexity index is 838. The van der Waals surface area contributed by atoms with Gasteiger partial charge in [-0.15, -0.1) is 0 Å². The van der Waals surface area contributed by atoms with Crippen LogP contribution in [0, 0.1) is 0 Å². The third-order valence-corrected chi connectivity index (χ3v) is 4.99. The van der Waals surface area contributed by atoms with Crippen molar-refractivity contribution in [2.45, 2.75) is 32.4 Å². The smallest absolute Gasteiger partial charge is 0.251 e. The van der Waals surface area contributed by atoms with Crippen molar-refractivity contribution in [1.82, 2.24) is 5.32 Å². The lowest BCUT2D eigenvalue weighted by molar-refractivity contribution is -0.122. The lowest BCUT2D eigenvalue weighted by Gasteiger charge is -2.41. The normalized spacial score (nSPS) is 14.6. The van der Waals surface area contributed by atoms with Crippen molar-refractivity contribution in [2.75, 3.05) is 38.4 Å². The Hall–Kier alpha value is -2.96. The van der Waals surface area contributed by atoms with Crippen LogP contribution in [-0.2, 0) is 4.79 Å². The fourth-order valence-electron chi connectivity index (χ4n) is 3.33. The van der Waals surface area contributed by atoms with Crippen LogP contribution in [0.15, 0.2) is 42.5 Å². The molecule has 3 rings (SSSR count). The van der Waals surface area contributed by atoms with E-state index in [0.717, 1.165) is 48.0 Å². The minimum absolute atomic E-state index is 0.0836. The monoisotopic (exact) mass is 416 g/mol. The van der Waals surface area contributed by atoms with E-state index >= 15 is 0 Å². The highest BCUT2D eigenvalue weighted by Crippen LogP contribution is 2.35. The van der Waals surface area contributed by atoms with Crippen molar-refractivity contribution >= 4 is 11.6 Å². The van der Waals surface area contributed by atoms with Gasteiger partial charge in [0, 0.05) is 6.07 Å². The van der Waals surface area contributed by atoms with E-state index in [4.69, 9.17) is 14.2 Å². The van der Waals surface area contributed by atoms with Gasteiger partial charge in [-0.3, -0.25) is 4.79 Å². The molecule has 1 saturated heterocycles. The Morgan fingerprint density at radius 1 is 1.20 bits per heavy atom. The maximum absolute atomic E-state index is 12.3. The standard InChI is InChI=1S/C23H29FN2O4/c1-4-11-29-19-9-10-21(22(12-19)28-3)26-14-20(15-26)30-18-7-5-17(6-8-18)16(2)25-23(27)13-24/h5-10,12,16,20H,4,11,13-15H2,1-3H3,(H,25,27)/t16-/m0/s1. The van der Waals surface area contributed by atoms with Crippen molar-refractivity contribution in [1.29, 1.82) is 0 Å². The molecular formula is C23H29FN2O4. The van der Waals surface area contributed by atoms with E-state index in [0.29, 0.717) is 6.61 Å². The summed E-state index contributed by atoms with van der Waals surface area (Å²) in [6, 6.07) is 13.2. The molecule has 0 spiro atoms. The largest absolute Gasteiger partial charge is 0.494 e. The summed E-state index contributed by atoms with van der Waals surface area (Å²) in [7, 11) is 1.66. The van der Waals surface area contributed by atoms with Gasteiger partial charge in [0.1, 0.15) is 23.4 Å². The number of rotatable bonds is 10. The summed E-state index contributed by atoms with van der Waals surface area (Å²) in [5, 5.41) is 2.60. The van der Waals surface area contributed by atoms with Gasteiger partial charge in [-0.2, -0.15) is 0 Å². The molecule has 0 radical (unpaired) electrons. The number of nitrogens with zero attached hydrogens (tertiary/aromatic N) is 1. The fraction of sp³-hybridized carbons (Fsp3) is 0.435. The van der Waals surface area contributed by atoms with Crippen LogP contribution in [0.3, 0.4) is 0 Å². The van der Waals surface area contributed by atoms with Gasteiger partial charge in [-0.05, 0) is 43.2 Å². The van der Waals surface area contributed by atoms with E-state index in [9.17, 15) is 9.18 Å². The van der Waals surface area contributed by atoms with Gasteiger partial charge < -0.3 is 24.4 Å². The van der Waals surface area contributed by atoms with Gasteiger partial charge in [0.15, 0.2) is 6.67 Å². The van der Waals surface area contributed by atoms with Crippen LogP contribution in [0.25, 0.3) is 0 Å². The highest BCUT2D eigenvalue weighted by molar-refractivity contribution is 5.77. The van der Waals surface area contributed by atoms with Gasteiger partial charge in [-0.25, -0.2) is 4.39 Å². The number of amides is 1. The molecule has 30 heavy (non-hydrogen) atoms. The minimum Gasteiger partial charge on any atom is -0.494 e. The van der Waals surface area contributed by atoms with Crippen LogP contribution in [0.1, 0.15) is 31.9 Å². The molecule has 1 fully saturated rings. The van der Waals surface area contributed by atoms with Crippen molar-refractivity contribution in [3.8, 4) is 17.2 Å². The number of ether oxygens (including phenoxy) is 3. The van der Waals surface area contributed by atoms with Crippen LogP contribution in [0.5, 0.6) is 17.2 Å². The third kappa shape index (κ3) is 5.34. The summed E-state index contributed by atoms with van der Waals surface area (Å²) in [5.41, 5.74) is 1.92. The highest BCUT2D eigenvalue weighted by Gasteiger charge is 2.30. The second-order valence-corrected chi connectivity index (χ2v) is 7.32. The van der Waals surface area contributed by atoms with Gasteiger partial charge in [0.25, 0.3) is 5.91 Å². The van der Waals surface area contributed by atoms with Gasteiger partial charge in [0.2, 0.25) is 0 Å². The molecule has 2 aromatic rings. The van der Waals surface area contributed by atoms with E-state index in [1.807, 2.05) is 49.4 Å². The van der Waals surface area contributed by atoms with E-state index in [1.165, 1.54) is 0 Å². The summed E-state index contributed by atoms with van der Waals surface area (Å²) in [6.07, 6.45) is 1.04. The molecule has 0 unspecified atom stereocenters. The van der Waals surface area contributed by atoms with Crippen LogP contribution in [-0.4, -0.2) is 45.5 Å². The number of carbonyl (C=O) groups is 1. The Kier molecular flexibility index (Phi) is 7.38. The third-order valence-electron chi connectivity index (χ3n) is 4.99. The zero-order valence-electron chi connectivity index (χ0n) is 17.7. The summed E-state index contributed by atoms with van der Waals surface area (Å²) in [5.74, 6) is 1.75. The van der Waals surface area contributed by atoms with E-state index in [2.05, 4.69) is 17.1 Å². The molecule has 0 aliphatic carbocycles. The molecule has 1 amide bonds. The number of benzene rings is 2. The summed E-state index contributed by atoms with van der Waals surface area (Å²) >= 11 is 0. The zero-order chi connectivity index (χ0) is 21.5. The van der Waals surface area contributed by atoms with Crippen LogP contribution in [0.4, 0.5) is 10.1 Å². The Morgan fingerprint density at radius 2 is 1.90 bits per heavy atom. The molecule has 1 N–H and O–H groups in total. The number of methoxy groups -OCH3 is 1. The summed E-state index contributed by atoms with van der Waals surface area (Å²) in [6.45, 7) is 5.08. The first-order chi connectivity index (χ1) is 14.5. The average molecular weight is 416 g/mol. The number of carbonyl (C=O) groups excluding carboxylic acids is 1. The molecule has 1 aliphatic rings. The van der Waals surface area contributed by atoms with Crippen molar-refractivity contribution in [2.24, 2.45) is 0 Å². The minimum atomic E-state index is -1.01. The number of hydrogen-bond acceptors (Lipinski definition) is 5. The van der Waals surface area contributed by atoms with Crippen molar-refractivity contribution in [3.05, 3.63) is 48.0 Å². The molecule has 1 heterocycles. The molecule has 0 saturated carbocycles. The lowest BCUT2D eigenvalue weighted by Crippen LogP contribution is -2.54. The number of alkyl halides is 1. The molecule has 0 bridgehead atoms. The van der Waals surface area contributed by atoms with E-state index in [1.54, 1.807) is 7.11 Å². The van der Waals surface area contributed by atoms with Crippen LogP contribution in [0.2, 0.25) is 0 Å². The first kappa shape index (κ1) is 21.7. The molecular weight excluding hydrogens is 387 g/mol. The van der Waals surface area contributed by atoms with Gasteiger partial charge in [0.05, 0.1) is 38.5 Å². The first-order valence-electron chi connectivity index (χ1n) is 10.2. The first-order valence-corrected chi connectivity index (χ1v) is 10.2. The van der Waals surface area contributed by atoms with E-state index in [-0.39, 0.29) is 12.1 Å². The van der Waals surface area contributed by atoms with Crippen molar-refractivity contribution < 1.29 is 23.4 Å². The summed E-state index contributed by atoms with van der Waals surface area (Å²) < 4.78 is 29.6. The average Bonchev–Trinajstić information content (AvgIpc) is 2.74. The molecule has 0 aromatic heterocycles. The predicted octanol–water partition coefficient (Wildman–Crippen LogP) is 3.90. The second kappa shape index (κ2) is 10.2. The van der Waals surface area contributed by atoms with E-state index < -0.39 is 12.6 Å². The fourth-order valence-corrected chi connectivity index (χ4v) is 3.33. The number of hydrogen-bond donors (Lipinski definition) is 1. The molecule has 162 valence electrons. The lowest BCUT2D eigenvalue weighted by atomic mass is 10.1. The maximum Gasteiger partial charge on any atom is 0.251 e. The molecule has 1 aliphatic heterocycles. The van der Waals surface area contributed by atoms with Gasteiger partial charge >= 0.3 is 0 Å². The van der Waals surface area contributed by atoms with Crippen LogP contribution >= 0.6 is 0 Å². The molecule has 7 heteroatoms. The zero-order valence-corrected chi connectivity index (χ0v) is 17.7. The molecule has 1 atom stereocenters. The summed E-state index contributed by atoms with van der Waals surface area (Å²) in [4.78, 5) is 13.4. The highest BCUT2D eigenvalue weighted by atomic mass is 19.1. The number of nitrogens with one attached hydrogen (secondary N) is 1.